The Morgan fingerprint density at radius 3 is 2.59 bits per heavy atom. The van der Waals surface area contributed by atoms with Crippen molar-refractivity contribution in [2.75, 3.05) is 6.54 Å². The lowest BCUT2D eigenvalue weighted by Gasteiger charge is -2.20. The topological polar surface area (TPSA) is 52.9 Å². The normalized spacial score (nSPS) is 20.5. The zero-order valence-corrected chi connectivity index (χ0v) is 10.0. The molecule has 0 spiro atoms. The average Bonchev–Trinajstić information content (AvgIpc) is 2.67. The largest absolute Gasteiger partial charge is 0.707 e. The lowest BCUT2D eigenvalue weighted by Crippen LogP contribution is -2.26. The molecule has 4 nitrogen and oxygen atoms in total. The summed E-state index contributed by atoms with van der Waals surface area (Å²) in [5.74, 6) is 0.471. The van der Waals surface area contributed by atoms with Crippen LogP contribution in [0.2, 0.25) is 0 Å². The molecule has 0 unspecified atom stereocenters. The molecule has 0 bridgehead atoms. The molecule has 1 fully saturated rings. The summed E-state index contributed by atoms with van der Waals surface area (Å²) in [4.78, 5) is 2.46. The Labute approximate surface area is 102 Å². The molecule has 1 aromatic rings. The molecule has 1 heterocycles. The Kier molecular flexibility index (Phi) is 4.04. The molecular weight excluding hydrogens is 217 g/mol. The molecule has 1 aromatic carbocycles. The fraction of sp³-hybridized carbons (Fsp3) is 0.500. The highest BCUT2D eigenvalue weighted by atomic mass is 16.6. The van der Waals surface area contributed by atoms with Crippen LogP contribution in [0.25, 0.3) is 0 Å². The second kappa shape index (κ2) is 5.53. The Balaban J connectivity index is 1.93. The standard InChI is InChI=1S/C12H18BNO3/c1-10-3-2-8-14(10)9-11-4-6-12(7-5-11)17-13(15)16/h4-7,10,15-16H,2-3,8-9H2,1H3/t10-/m1/s1. The Morgan fingerprint density at radius 1 is 1.35 bits per heavy atom. The van der Waals surface area contributed by atoms with Crippen LogP contribution in [-0.2, 0) is 6.54 Å². The van der Waals surface area contributed by atoms with Gasteiger partial charge in [-0.3, -0.25) is 4.90 Å². The molecule has 17 heavy (non-hydrogen) atoms. The molecule has 1 aliphatic heterocycles. The molecule has 0 radical (unpaired) electrons. The van der Waals surface area contributed by atoms with E-state index >= 15 is 0 Å². The highest BCUT2D eigenvalue weighted by Gasteiger charge is 2.20. The third-order valence-corrected chi connectivity index (χ3v) is 3.24. The minimum atomic E-state index is -1.75. The maximum Gasteiger partial charge on any atom is 0.707 e. The molecule has 5 heteroatoms. The van der Waals surface area contributed by atoms with E-state index in [0.717, 1.165) is 13.1 Å². The van der Waals surface area contributed by atoms with Crippen molar-refractivity contribution in [2.45, 2.75) is 32.4 Å². The number of rotatable bonds is 4. The summed E-state index contributed by atoms with van der Waals surface area (Å²) in [5.41, 5.74) is 1.22. The van der Waals surface area contributed by atoms with Gasteiger partial charge in [-0.05, 0) is 44.0 Å². The van der Waals surface area contributed by atoms with E-state index in [1.165, 1.54) is 18.4 Å². The predicted octanol–water partition coefficient (Wildman–Crippen LogP) is 1.02. The first kappa shape index (κ1) is 12.4. The van der Waals surface area contributed by atoms with E-state index in [-0.39, 0.29) is 0 Å². The van der Waals surface area contributed by atoms with Crippen LogP contribution in [0, 0.1) is 0 Å². The van der Waals surface area contributed by atoms with Gasteiger partial charge in [-0.1, -0.05) is 12.1 Å². The van der Waals surface area contributed by atoms with Gasteiger partial charge < -0.3 is 14.7 Å². The van der Waals surface area contributed by atoms with E-state index < -0.39 is 7.32 Å². The van der Waals surface area contributed by atoms with Crippen LogP contribution in [0.5, 0.6) is 5.75 Å². The van der Waals surface area contributed by atoms with Crippen molar-refractivity contribution in [3.8, 4) is 5.75 Å². The first-order valence-electron chi connectivity index (χ1n) is 6.01. The number of benzene rings is 1. The van der Waals surface area contributed by atoms with E-state index in [0.29, 0.717) is 11.8 Å². The molecule has 92 valence electrons. The van der Waals surface area contributed by atoms with Gasteiger partial charge in [0.25, 0.3) is 0 Å². The lowest BCUT2D eigenvalue weighted by molar-refractivity contribution is 0.260. The van der Waals surface area contributed by atoms with Crippen LogP contribution in [0.3, 0.4) is 0 Å². The van der Waals surface area contributed by atoms with Crippen LogP contribution in [0.1, 0.15) is 25.3 Å². The summed E-state index contributed by atoms with van der Waals surface area (Å²) in [7, 11) is -1.75. The van der Waals surface area contributed by atoms with Gasteiger partial charge in [0.05, 0.1) is 0 Å². The van der Waals surface area contributed by atoms with Crippen LogP contribution in [0.4, 0.5) is 0 Å². The first-order valence-corrected chi connectivity index (χ1v) is 6.01. The van der Waals surface area contributed by atoms with Crippen molar-refractivity contribution in [3.63, 3.8) is 0 Å². The van der Waals surface area contributed by atoms with E-state index in [1.54, 1.807) is 12.1 Å². The number of nitrogens with zero attached hydrogens (tertiary/aromatic N) is 1. The predicted molar refractivity (Wildman–Crippen MR) is 66.4 cm³/mol. The minimum Gasteiger partial charge on any atom is -0.512 e. The number of likely N-dealkylation sites (tertiary alicyclic amines) is 1. The second-order valence-electron chi connectivity index (χ2n) is 4.55. The Morgan fingerprint density at radius 2 is 2.06 bits per heavy atom. The van der Waals surface area contributed by atoms with E-state index in [2.05, 4.69) is 11.8 Å². The van der Waals surface area contributed by atoms with Crippen molar-refractivity contribution in [1.29, 1.82) is 0 Å². The molecule has 2 rings (SSSR count). The smallest absolute Gasteiger partial charge is 0.512 e. The second-order valence-corrected chi connectivity index (χ2v) is 4.55. The molecule has 1 saturated heterocycles. The minimum absolute atomic E-state index is 0.471. The highest BCUT2D eigenvalue weighted by molar-refractivity contribution is 6.33. The third kappa shape index (κ3) is 3.46. The third-order valence-electron chi connectivity index (χ3n) is 3.24. The quantitative estimate of drug-likeness (QED) is 0.765. The van der Waals surface area contributed by atoms with Gasteiger partial charge in [0.15, 0.2) is 0 Å². The SMILES string of the molecule is C[C@@H]1CCCN1Cc1ccc(OB(O)O)cc1. The van der Waals surface area contributed by atoms with Crippen LogP contribution >= 0.6 is 0 Å². The van der Waals surface area contributed by atoms with Gasteiger partial charge in [-0.2, -0.15) is 0 Å². The molecule has 0 aromatic heterocycles. The first-order chi connectivity index (χ1) is 8.15. The summed E-state index contributed by atoms with van der Waals surface area (Å²) in [6.07, 6.45) is 2.55. The van der Waals surface area contributed by atoms with Gasteiger partial charge in [-0.25, -0.2) is 0 Å². The maximum atomic E-state index is 8.66. The highest BCUT2D eigenvalue weighted by Crippen LogP contribution is 2.20. The van der Waals surface area contributed by atoms with Crippen molar-refractivity contribution in [3.05, 3.63) is 29.8 Å². The molecule has 0 saturated carbocycles. The van der Waals surface area contributed by atoms with Crippen molar-refractivity contribution in [1.82, 2.24) is 4.90 Å². The van der Waals surface area contributed by atoms with Crippen molar-refractivity contribution < 1.29 is 14.7 Å². The summed E-state index contributed by atoms with van der Waals surface area (Å²) in [5, 5.41) is 17.3. The van der Waals surface area contributed by atoms with Gasteiger partial charge in [-0.15, -0.1) is 0 Å². The van der Waals surface area contributed by atoms with Gasteiger partial charge in [0, 0.05) is 12.6 Å². The van der Waals surface area contributed by atoms with Crippen molar-refractivity contribution in [2.24, 2.45) is 0 Å². The summed E-state index contributed by atoms with van der Waals surface area (Å²) in [6.45, 7) is 4.37. The summed E-state index contributed by atoms with van der Waals surface area (Å²) < 4.78 is 4.76. The maximum absolute atomic E-state index is 8.66. The van der Waals surface area contributed by atoms with E-state index in [1.807, 2.05) is 12.1 Å². The molecule has 1 aliphatic rings. The molecular formula is C12H18BNO3. The van der Waals surface area contributed by atoms with Crippen molar-refractivity contribution >= 4 is 7.32 Å². The van der Waals surface area contributed by atoms with Gasteiger partial charge >= 0.3 is 7.32 Å². The van der Waals surface area contributed by atoms with E-state index in [4.69, 9.17) is 14.7 Å². The van der Waals surface area contributed by atoms with Crippen LogP contribution < -0.4 is 4.65 Å². The average molecular weight is 235 g/mol. The van der Waals surface area contributed by atoms with Gasteiger partial charge in [0.2, 0.25) is 0 Å². The van der Waals surface area contributed by atoms with Crippen LogP contribution in [0.15, 0.2) is 24.3 Å². The Hall–Kier alpha value is -1.04. The van der Waals surface area contributed by atoms with Gasteiger partial charge in [0.1, 0.15) is 5.75 Å². The van der Waals surface area contributed by atoms with Crippen LogP contribution in [-0.4, -0.2) is 34.9 Å². The molecule has 2 N–H and O–H groups in total. The number of hydrogen-bond acceptors (Lipinski definition) is 4. The lowest BCUT2D eigenvalue weighted by atomic mass is 10.1. The summed E-state index contributed by atoms with van der Waals surface area (Å²) in [6, 6.07) is 8.10. The zero-order chi connectivity index (χ0) is 12.3. The zero-order valence-electron chi connectivity index (χ0n) is 10.0. The fourth-order valence-corrected chi connectivity index (χ4v) is 2.26. The molecule has 1 atom stereocenters. The fourth-order valence-electron chi connectivity index (χ4n) is 2.26. The molecule has 0 aliphatic carbocycles. The molecule has 0 amide bonds. The summed E-state index contributed by atoms with van der Waals surface area (Å²) >= 11 is 0. The Bertz CT molecular complexity index is 355. The monoisotopic (exact) mass is 235 g/mol. The number of hydrogen-bond donors (Lipinski definition) is 2. The van der Waals surface area contributed by atoms with E-state index in [9.17, 15) is 0 Å².